The Kier molecular flexibility index (Phi) is 5.01. The minimum Gasteiger partial charge on any atom is -0.454 e. The van der Waals surface area contributed by atoms with Crippen molar-refractivity contribution < 1.29 is 18.7 Å². The summed E-state index contributed by atoms with van der Waals surface area (Å²) in [4.78, 5) is 11.8. The third-order valence-electron chi connectivity index (χ3n) is 3.60. The molecule has 0 bridgehead atoms. The molecule has 1 N–H and O–H groups in total. The van der Waals surface area contributed by atoms with E-state index < -0.39 is 0 Å². The highest BCUT2D eigenvalue weighted by Crippen LogP contribution is 2.35. The van der Waals surface area contributed by atoms with Gasteiger partial charge in [0.1, 0.15) is 0 Å². The van der Waals surface area contributed by atoms with E-state index in [-0.39, 0.29) is 12.7 Å². The third-order valence-corrected chi connectivity index (χ3v) is 4.33. The number of aromatic nitrogens is 2. The summed E-state index contributed by atoms with van der Waals surface area (Å²) in [5.74, 6) is 1.95. The summed E-state index contributed by atoms with van der Waals surface area (Å²) < 4.78 is 16.2. The molecule has 0 unspecified atom stereocenters. The Hall–Kier alpha value is -3.33. The monoisotopic (exact) mass is 382 g/mol. The molecule has 2 heterocycles. The molecule has 3 aromatic rings. The van der Waals surface area contributed by atoms with Crippen LogP contribution >= 0.6 is 11.8 Å². The molecule has 2 aromatic carbocycles. The van der Waals surface area contributed by atoms with Crippen LogP contribution in [0.4, 0.5) is 0 Å². The maximum Gasteiger partial charge on any atom is 0.277 e. The van der Waals surface area contributed by atoms with E-state index in [4.69, 9.17) is 13.9 Å². The first kappa shape index (κ1) is 17.1. The van der Waals surface area contributed by atoms with Crippen molar-refractivity contribution in [3.05, 3.63) is 54.1 Å². The van der Waals surface area contributed by atoms with Gasteiger partial charge in [-0.05, 0) is 30.3 Å². The Morgan fingerprint density at radius 1 is 1.15 bits per heavy atom. The lowest BCUT2D eigenvalue weighted by Crippen LogP contribution is -2.17. The van der Waals surface area contributed by atoms with Crippen molar-refractivity contribution in [2.24, 2.45) is 5.10 Å². The van der Waals surface area contributed by atoms with Crippen molar-refractivity contribution in [1.82, 2.24) is 15.6 Å². The van der Waals surface area contributed by atoms with Gasteiger partial charge in [-0.3, -0.25) is 4.79 Å². The van der Waals surface area contributed by atoms with Crippen molar-refractivity contribution in [2.75, 3.05) is 12.5 Å². The molecule has 1 aliphatic rings. The molecule has 8 nitrogen and oxygen atoms in total. The SMILES string of the molecule is O=C(N/N=C\CSc1nnc(-c2ccc3c(c2)OCO3)o1)c1ccccc1. The minimum absolute atomic E-state index is 0.212. The number of carbonyl (C=O) groups is 1. The minimum atomic E-state index is -0.264. The van der Waals surface area contributed by atoms with Gasteiger partial charge in [-0.15, -0.1) is 10.2 Å². The van der Waals surface area contributed by atoms with Crippen LogP contribution in [0.15, 0.2) is 63.3 Å². The first-order chi connectivity index (χ1) is 13.3. The number of ether oxygens (including phenoxy) is 2. The molecule has 27 heavy (non-hydrogen) atoms. The van der Waals surface area contributed by atoms with Gasteiger partial charge in [0.25, 0.3) is 11.1 Å². The molecule has 0 saturated heterocycles. The molecule has 0 radical (unpaired) electrons. The van der Waals surface area contributed by atoms with Crippen LogP contribution in [0, 0.1) is 0 Å². The molecular weight excluding hydrogens is 368 g/mol. The Bertz CT molecular complexity index is 975. The average Bonchev–Trinajstić information content (AvgIpc) is 3.37. The number of hydrogen-bond donors (Lipinski definition) is 1. The number of benzene rings is 2. The highest BCUT2D eigenvalue weighted by atomic mass is 32.2. The second-order valence-electron chi connectivity index (χ2n) is 5.37. The number of thioether (sulfide) groups is 1. The molecule has 0 fully saturated rings. The van der Waals surface area contributed by atoms with Gasteiger partial charge in [-0.2, -0.15) is 5.10 Å². The Morgan fingerprint density at radius 2 is 2.00 bits per heavy atom. The summed E-state index contributed by atoms with van der Waals surface area (Å²) in [6.45, 7) is 0.212. The van der Waals surface area contributed by atoms with Gasteiger partial charge in [0.2, 0.25) is 12.7 Å². The first-order valence-corrected chi connectivity index (χ1v) is 9.01. The van der Waals surface area contributed by atoms with Crippen LogP contribution in [0.3, 0.4) is 0 Å². The molecule has 1 aliphatic heterocycles. The van der Waals surface area contributed by atoms with Gasteiger partial charge in [0, 0.05) is 23.1 Å². The van der Waals surface area contributed by atoms with E-state index >= 15 is 0 Å². The zero-order chi connectivity index (χ0) is 18.5. The van der Waals surface area contributed by atoms with Crippen molar-refractivity contribution in [3.8, 4) is 23.0 Å². The second kappa shape index (κ2) is 7.92. The number of fused-ring (bicyclic) bond motifs is 1. The zero-order valence-corrected chi connectivity index (χ0v) is 14.8. The fourth-order valence-electron chi connectivity index (χ4n) is 2.32. The zero-order valence-electron chi connectivity index (χ0n) is 14.0. The predicted octanol–water partition coefficient (Wildman–Crippen LogP) is 2.97. The summed E-state index contributed by atoms with van der Waals surface area (Å²) in [6, 6.07) is 14.3. The topological polar surface area (TPSA) is 98.8 Å². The Labute approximate surface area is 158 Å². The molecule has 9 heteroatoms. The fraction of sp³-hybridized carbons (Fsp3) is 0.111. The molecule has 0 atom stereocenters. The third kappa shape index (κ3) is 4.09. The van der Waals surface area contributed by atoms with E-state index in [2.05, 4.69) is 20.7 Å². The number of nitrogens with one attached hydrogen (secondary N) is 1. The van der Waals surface area contributed by atoms with Crippen molar-refractivity contribution in [3.63, 3.8) is 0 Å². The standard InChI is InChI=1S/C18H14N4O4S/c23-16(12-4-2-1-3-5-12)20-19-8-9-27-18-22-21-17(26-18)13-6-7-14-15(10-13)25-11-24-14/h1-8,10H,9,11H2,(H,20,23)/b19-8-. The lowest BCUT2D eigenvalue weighted by Gasteiger charge is -1.98. The smallest absolute Gasteiger partial charge is 0.277 e. The molecule has 1 amide bonds. The fourth-order valence-corrected chi connectivity index (χ4v) is 2.85. The summed E-state index contributed by atoms with van der Waals surface area (Å²) >= 11 is 1.31. The van der Waals surface area contributed by atoms with Crippen molar-refractivity contribution in [2.45, 2.75) is 5.22 Å². The van der Waals surface area contributed by atoms with Crippen LogP contribution in [0.1, 0.15) is 10.4 Å². The molecular formula is C18H14N4O4S. The number of hydrazone groups is 1. The van der Waals surface area contributed by atoms with Gasteiger partial charge in [-0.1, -0.05) is 30.0 Å². The molecule has 0 saturated carbocycles. The van der Waals surface area contributed by atoms with Gasteiger partial charge in [-0.25, -0.2) is 5.43 Å². The van der Waals surface area contributed by atoms with Crippen molar-refractivity contribution in [1.29, 1.82) is 0 Å². The van der Waals surface area contributed by atoms with Crippen LogP contribution in [-0.4, -0.2) is 34.9 Å². The Morgan fingerprint density at radius 3 is 2.89 bits per heavy atom. The maximum atomic E-state index is 11.8. The van der Waals surface area contributed by atoms with E-state index in [1.165, 1.54) is 11.8 Å². The summed E-state index contributed by atoms with van der Waals surface area (Å²) in [7, 11) is 0. The van der Waals surface area contributed by atoms with E-state index in [1.807, 2.05) is 12.1 Å². The number of nitrogens with zero attached hydrogens (tertiary/aromatic N) is 3. The predicted molar refractivity (Wildman–Crippen MR) is 99.0 cm³/mol. The van der Waals surface area contributed by atoms with Gasteiger partial charge in [0.15, 0.2) is 11.5 Å². The van der Waals surface area contributed by atoms with E-state index in [1.54, 1.807) is 42.6 Å². The molecule has 136 valence electrons. The van der Waals surface area contributed by atoms with Crippen LogP contribution in [0.2, 0.25) is 0 Å². The largest absolute Gasteiger partial charge is 0.454 e. The quantitative estimate of drug-likeness (QED) is 0.397. The Balaban J connectivity index is 1.29. The highest BCUT2D eigenvalue weighted by Gasteiger charge is 2.16. The van der Waals surface area contributed by atoms with Gasteiger partial charge >= 0.3 is 0 Å². The van der Waals surface area contributed by atoms with Crippen LogP contribution in [-0.2, 0) is 0 Å². The number of carbonyl (C=O) groups excluding carboxylic acids is 1. The second-order valence-corrected chi connectivity index (χ2v) is 6.34. The van der Waals surface area contributed by atoms with Gasteiger partial charge < -0.3 is 13.9 Å². The highest BCUT2D eigenvalue weighted by molar-refractivity contribution is 7.99. The lowest BCUT2D eigenvalue weighted by molar-refractivity contribution is 0.0955. The van der Waals surface area contributed by atoms with Crippen LogP contribution < -0.4 is 14.9 Å². The molecule has 0 aliphatic carbocycles. The van der Waals surface area contributed by atoms with E-state index in [9.17, 15) is 4.79 Å². The number of rotatable bonds is 6. The van der Waals surface area contributed by atoms with E-state index in [0.717, 1.165) is 5.56 Å². The molecule has 0 spiro atoms. The number of amides is 1. The van der Waals surface area contributed by atoms with Crippen LogP contribution in [0.25, 0.3) is 11.5 Å². The van der Waals surface area contributed by atoms with Crippen molar-refractivity contribution >= 4 is 23.9 Å². The molecule has 4 rings (SSSR count). The lowest BCUT2D eigenvalue weighted by atomic mass is 10.2. The summed E-state index contributed by atoms with van der Waals surface area (Å²) in [5.41, 5.74) is 3.77. The van der Waals surface area contributed by atoms with Gasteiger partial charge in [0.05, 0.1) is 0 Å². The maximum absolute atomic E-state index is 11.8. The number of hydrogen-bond acceptors (Lipinski definition) is 8. The van der Waals surface area contributed by atoms with Crippen LogP contribution in [0.5, 0.6) is 11.5 Å². The average molecular weight is 382 g/mol. The normalized spacial score (nSPS) is 12.4. The van der Waals surface area contributed by atoms with E-state index in [0.29, 0.717) is 33.9 Å². The molecule has 1 aromatic heterocycles. The first-order valence-electron chi connectivity index (χ1n) is 8.03. The summed E-state index contributed by atoms with van der Waals surface area (Å²) in [6.07, 6.45) is 1.57. The summed E-state index contributed by atoms with van der Waals surface area (Å²) in [5, 5.41) is 12.3.